The second kappa shape index (κ2) is 37.7. The third kappa shape index (κ3) is 24.7. The molecule has 1 fully saturated rings. The number of phosphoric acid groups is 3. The van der Waals surface area contributed by atoms with Crippen LogP contribution in [-0.2, 0) is 92.7 Å². The number of fused-ring (bicyclic) bond motifs is 3. The number of carbonyl (C=O) groups is 2. The van der Waals surface area contributed by atoms with Gasteiger partial charge in [-0.1, -0.05) is 118 Å². The van der Waals surface area contributed by atoms with Crippen LogP contribution in [0.5, 0.6) is 0 Å². The molecule has 0 bridgehead atoms. The molecule has 25 nitrogen and oxygen atoms in total. The Morgan fingerprint density at radius 3 is 2.26 bits per heavy atom. The normalized spacial score (nSPS) is 19.3. The van der Waals surface area contributed by atoms with Crippen molar-refractivity contribution in [1.82, 2.24) is 14.5 Å². The Kier molecular flexibility index (Phi) is 31.6. The van der Waals surface area contributed by atoms with Crippen molar-refractivity contribution < 1.29 is 87.4 Å². The van der Waals surface area contributed by atoms with Gasteiger partial charge in [-0.2, -0.15) is 18.2 Å². The Morgan fingerprint density at radius 1 is 0.885 bits per heavy atom. The van der Waals surface area contributed by atoms with Crippen molar-refractivity contribution >= 4 is 122 Å². The van der Waals surface area contributed by atoms with Crippen molar-refractivity contribution in [3.8, 4) is 11.8 Å². The van der Waals surface area contributed by atoms with E-state index in [1.54, 1.807) is 27.8 Å². The second-order valence-corrected chi connectivity index (χ2v) is 34.5. The number of H-pyrrole nitrogens is 1. The lowest BCUT2D eigenvalue weighted by atomic mass is 9.81. The highest BCUT2D eigenvalue weighted by atomic mass is 33.1. The van der Waals surface area contributed by atoms with Crippen LogP contribution in [0.1, 0.15) is 159 Å². The largest absolute Gasteiger partial charge is 0.490 e. The summed E-state index contributed by atoms with van der Waals surface area (Å²) in [5.74, 6) is 7.77. The van der Waals surface area contributed by atoms with Gasteiger partial charge in [0.05, 0.1) is 35.0 Å². The SMILES string of the molecule is CCN1\C(=C/C=C/C=C/C2=[N+](CCCCCC(=O)CCCCSSCOCCCCCCC(=O)CCC#Cc3cn([C@H]4C[C@H](OCS(C)=S)[C@@H](COP(=O)(O)OP(=O)(O)OP(=O)(O)O)O4)c4nc(N)[nH]c(=O)c34)c3ccc(C)cc3C2(C)C)C(C)(C)c2ccccc21.O=S(=O)=O. The predicted molar refractivity (Wildman–Crippen MR) is 378 cm³/mol. The molecular formula is C63H88N6O19P3S5+. The van der Waals surface area contributed by atoms with Crippen molar-refractivity contribution in [1.29, 1.82) is 0 Å². The second-order valence-electron chi connectivity index (χ2n) is 24.1. The van der Waals surface area contributed by atoms with Gasteiger partial charge in [-0.15, -0.1) is 12.6 Å². The van der Waals surface area contributed by atoms with E-state index in [1.165, 1.54) is 50.2 Å². The molecule has 96 heavy (non-hydrogen) atoms. The molecule has 1 saturated heterocycles. The number of ketones is 2. The zero-order chi connectivity index (χ0) is 70.4. The number of aromatic amines is 1. The van der Waals surface area contributed by atoms with E-state index in [-0.39, 0.29) is 64.4 Å². The molecule has 33 heteroatoms. The van der Waals surface area contributed by atoms with E-state index in [0.717, 1.165) is 76.6 Å². The molecule has 0 amide bonds. The minimum absolute atomic E-state index is 0.0547. The van der Waals surface area contributed by atoms with E-state index in [0.29, 0.717) is 37.6 Å². The van der Waals surface area contributed by atoms with Gasteiger partial charge in [0.25, 0.3) is 5.56 Å². The van der Waals surface area contributed by atoms with Crippen molar-refractivity contribution in [2.45, 2.75) is 167 Å². The predicted octanol–water partition coefficient (Wildman–Crippen LogP) is 11.5. The molecular weight excluding hydrogens is 1400 g/mol. The van der Waals surface area contributed by atoms with Crippen LogP contribution in [-0.4, -0.2) is 131 Å². The molecule has 7 rings (SSSR count). The average molecular weight is 1490 g/mol. The van der Waals surface area contributed by atoms with E-state index in [9.17, 15) is 37.9 Å². The molecule has 0 aliphatic carbocycles. The fourth-order valence-corrected chi connectivity index (χ4v) is 17.0. The van der Waals surface area contributed by atoms with Crippen molar-refractivity contribution in [3.63, 3.8) is 0 Å². The van der Waals surface area contributed by atoms with Gasteiger partial charge in [0.1, 0.15) is 36.4 Å². The lowest BCUT2D eigenvalue weighted by Gasteiger charge is -2.25. The first-order valence-electron chi connectivity index (χ1n) is 31.4. The van der Waals surface area contributed by atoms with Gasteiger partial charge < -0.3 is 49.0 Å². The zero-order valence-electron chi connectivity index (χ0n) is 55.0. The van der Waals surface area contributed by atoms with Crippen LogP contribution < -0.4 is 16.2 Å². The third-order valence-corrected chi connectivity index (χ3v) is 22.8. The van der Waals surface area contributed by atoms with Crippen LogP contribution >= 0.6 is 45.1 Å². The number of ether oxygens (including phenoxy) is 3. The summed E-state index contributed by atoms with van der Waals surface area (Å²) < 4.78 is 95.1. The average Bonchev–Trinajstić information content (AvgIpc) is 1.61. The molecule has 3 aliphatic heterocycles. The Morgan fingerprint density at radius 2 is 1.56 bits per heavy atom. The highest BCUT2D eigenvalue weighted by Crippen LogP contribution is 2.66. The molecule has 7 N–H and O–H groups in total. The highest BCUT2D eigenvalue weighted by molar-refractivity contribution is 8.76. The first-order valence-corrected chi connectivity index (χ1v) is 42.1. The number of nitrogens with one attached hydrogen (secondary N) is 1. The minimum Gasteiger partial charge on any atom is -0.370 e. The first kappa shape index (κ1) is 80.4. The van der Waals surface area contributed by atoms with Crippen LogP contribution in [0.15, 0.2) is 89.5 Å². The molecule has 3 aliphatic rings. The number of unbranched alkanes of at least 4 members (excludes halogenated alkanes) is 6. The summed E-state index contributed by atoms with van der Waals surface area (Å²) in [5, 5.41) is 0.0885. The summed E-state index contributed by atoms with van der Waals surface area (Å²) in [5.41, 5.74) is 14.6. The highest BCUT2D eigenvalue weighted by Gasteiger charge is 2.46. The maximum absolute atomic E-state index is 13.2. The molecule has 0 radical (unpaired) electrons. The molecule has 528 valence electrons. The molecule has 3 unspecified atom stereocenters. The Hall–Kier alpha value is -4.57. The molecule has 0 spiro atoms. The number of benzene rings is 2. The number of para-hydroxylation sites is 1. The van der Waals surface area contributed by atoms with E-state index >= 15 is 0 Å². The molecule has 4 aromatic rings. The lowest BCUT2D eigenvalue weighted by molar-refractivity contribution is -0.438. The molecule has 6 atom stereocenters. The van der Waals surface area contributed by atoms with Crippen molar-refractivity contribution in [3.05, 3.63) is 117 Å². The maximum Gasteiger partial charge on any atom is 0.490 e. The van der Waals surface area contributed by atoms with E-state index < -0.39 is 74.1 Å². The van der Waals surface area contributed by atoms with Gasteiger partial charge >= 0.3 is 34.1 Å². The van der Waals surface area contributed by atoms with Crippen LogP contribution in [0.25, 0.3) is 11.0 Å². The Labute approximate surface area is 577 Å². The number of aromatic nitrogens is 3. The third-order valence-electron chi connectivity index (χ3n) is 16.1. The number of nitrogen functional groups attached to an aromatic ring is 1. The fourth-order valence-electron chi connectivity index (χ4n) is 11.6. The van der Waals surface area contributed by atoms with Crippen LogP contribution in [0.3, 0.4) is 0 Å². The van der Waals surface area contributed by atoms with Gasteiger partial charge in [-0.3, -0.25) is 23.9 Å². The maximum atomic E-state index is 13.2. The number of rotatable bonds is 38. The summed E-state index contributed by atoms with van der Waals surface area (Å²) >= 11 is 5.25. The van der Waals surface area contributed by atoms with E-state index in [2.05, 4.69) is 154 Å². The summed E-state index contributed by atoms with van der Waals surface area (Å²) in [4.78, 5) is 85.3. The molecule has 2 aromatic carbocycles. The number of nitrogens with zero attached hydrogens (tertiary/aromatic N) is 4. The minimum atomic E-state index is -5.77. The van der Waals surface area contributed by atoms with Gasteiger partial charge in [0.2, 0.25) is 11.6 Å². The zero-order valence-corrected chi connectivity index (χ0v) is 61.7. The summed E-state index contributed by atoms with van der Waals surface area (Å²) in [6.45, 7) is 15.3. The monoisotopic (exact) mass is 1490 g/mol. The quantitative estimate of drug-likeness (QED) is 0.00462. The van der Waals surface area contributed by atoms with Crippen molar-refractivity contribution in [2.24, 2.45) is 0 Å². The Bertz CT molecular complexity index is 3930. The van der Waals surface area contributed by atoms with Crippen LogP contribution in [0.2, 0.25) is 0 Å². The van der Waals surface area contributed by atoms with Gasteiger partial charge in [0, 0.05) is 105 Å². The fraction of sp³-hybridized carbons (Fsp3) is 0.540. The van der Waals surface area contributed by atoms with Gasteiger partial charge in [0.15, 0.2) is 11.4 Å². The molecule has 2 aromatic heterocycles. The number of anilines is 2. The number of nitrogens with two attached hydrogens (primary N) is 1. The smallest absolute Gasteiger partial charge is 0.370 e. The lowest BCUT2D eigenvalue weighted by Crippen LogP contribution is -2.29. The number of aryl methyl sites for hydroxylation is 1. The van der Waals surface area contributed by atoms with E-state index in [4.69, 9.17) is 58.1 Å². The molecule has 0 saturated carbocycles. The number of allylic oxidation sites excluding steroid dienone is 6. The Balaban J connectivity index is 0.00000354. The number of hydrogen-bond donors (Lipinski definition) is 6. The summed E-state index contributed by atoms with van der Waals surface area (Å²) in [6.07, 6.45) is 21.7. The van der Waals surface area contributed by atoms with E-state index in [1.807, 2.05) is 0 Å². The number of phosphoric ester groups is 1. The van der Waals surface area contributed by atoms with Crippen molar-refractivity contribution in [2.75, 3.05) is 60.8 Å². The van der Waals surface area contributed by atoms with Gasteiger partial charge in [-0.25, -0.2) is 13.7 Å². The number of carbonyl (C=O) groups excluding carboxylic acids is 2. The van der Waals surface area contributed by atoms with Crippen LogP contribution in [0.4, 0.5) is 17.3 Å². The summed E-state index contributed by atoms with van der Waals surface area (Å²) in [6, 6.07) is 15.5. The van der Waals surface area contributed by atoms with Gasteiger partial charge in [-0.05, 0) is 107 Å². The summed E-state index contributed by atoms with van der Waals surface area (Å²) in [7, 11) is -17.2. The van der Waals surface area contributed by atoms with Crippen LogP contribution in [0, 0.1) is 18.8 Å². The molecule has 5 heterocycles. The topological polar surface area (TPSA) is 356 Å². The first-order chi connectivity index (χ1) is 45.3. The standard InChI is InChI=1S/C63H87N6O16P3S4.O3S/c1-8-67-51-31-20-19-30-49(51)62(3,4)55(67)32-15-11-16-33-56-63(5,6)50-39-45(2)34-35-52(50)68(56)36-22-12-14-27-48(71)29-21-24-38-90-91-43-80-37-23-10-9-13-26-47(70)28-18-17-25-46-41-69(59-58(46)60(72)66-61(64)65-59)57-40-53(81-44-92(7)89)54(83-57)42-82-87(76,77)85-88(78,79)84-86(73,74)75;1-4(2)3/h11,15-16,19-20,30-35,39,41,53-54,57H,8-10,12-14,18,21-24,26-29,36-38,40,42-44H2,1-7H3,(H6-,64,65,66,72,73,74,75,76,77,78,79);/p+1/t53-,54+,57+,92?;/m0./s1. The number of likely N-dealkylation sites (N-methyl/N-ethyl adjacent to an activating group) is 1. The number of hydrogen-bond acceptors (Lipinski definition) is 21. The number of Topliss-reactive ketones (excluding diaryl/α,β-unsaturated/α-hetero) is 2.